The zero-order valence-electron chi connectivity index (χ0n) is 14.8. The van der Waals surface area contributed by atoms with Crippen molar-refractivity contribution in [1.29, 1.82) is 0 Å². The average Bonchev–Trinajstić information content (AvgIpc) is 2.61. The molecule has 2 aromatic rings. The van der Waals surface area contributed by atoms with E-state index in [1.54, 1.807) is 12.1 Å². The molecule has 0 fully saturated rings. The predicted molar refractivity (Wildman–Crippen MR) is 101 cm³/mol. The van der Waals surface area contributed by atoms with E-state index in [4.69, 9.17) is 0 Å². The van der Waals surface area contributed by atoms with E-state index in [0.29, 0.717) is 6.54 Å². The van der Waals surface area contributed by atoms with Gasteiger partial charge in [-0.05, 0) is 36.2 Å². The monoisotopic (exact) mass is 376 g/mol. The zero-order valence-corrected chi connectivity index (χ0v) is 15.7. The summed E-state index contributed by atoms with van der Waals surface area (Å²) in [4.78, 5) is 11.4. The van der Waals surface area contributed by atoms with Gasteiger partial charge in [0.2, 0.25) is 10.0 Å². The number of carboxylic acids is 1. The molecule has 0 radical (unpaired) electrons. The van der Waals surface area contributed by atoms with E-state index in [2.05, 4.69) is 10.0 Å². The first-order valence-electron chi connectivity index (χ1n) is 8.43. The first-order valence-corrected chi connectivity index (χ1v) is 9.92. The van der Waals surface area contributed by atoms with Crippen molar-refractivity contribution in [3.8, 4) is 11.1 Å². The van der Waals surface area contributed by atoms with Crippen LogP contribution in [-0.2, 0) is 14.8 Å². The molecule has 1 unspecified atom stereocenters. The first kappa shape index (κ1) is 20.1. The Bertz CT molecular complexity index is 818. The Morgan fingerprint density at radius 3 is 2.12 bits per heavy atom. The van der Waals surface area contributed by atoms with Crippen molar-refractivity contribution in [2.75, 3.05) is 6.54 Å². The Balaban J connectivity index is 2.11. The second-order valence-corrected chi connectivity index (χ2v) is 8.01. The maximum absolute atomic E-state index is 12.5. The molecule has 0 heterocycles. The molecule has 0 saturated carbocycles. The highest BCUT2D eigenvalue weighted by atomic mass is 32.2. The molecule has 0 aliphatic rings. The molecule has 6 nitrogen and oxygen atoms in total. The number of nitrogens with one attached hydrogen (secondary N) is 2. The summed E-state index contributed by atoms with van der Waals surface area (Å²) in [5.41, 5.74) is 1.87. The van der Waals surface area contributed by atoms with Gasteiger partial charge in [0.05, 0.1) is 4.90 Å². The normalized spacial score (nSPS) is 12.9. The number of carbonyl (C=O) groups is 1. The third-order valence-electron chi connectivity index (χ3n) is 3.85. The van der Waals surface area contributed by atoms with Gasteiger partial charge in [0.1, 0.15) is 6.04 Å². The SMILES string of the molecule is CC(C)NCCC(NS(=O)(=O)c1ccc(-c2ccccc2)cc1)C(=O)O. The van der Waals surface area contributed by atoms with Gasteiger partial charge in [-0.15, -0.1) is 0 Å². The van der Waals surface area contributed by atoms with Gasteiger partial charge in [0.25, 0.3) is 0 Å². The first-order chi connectivity index (χ1) is 12.3. The van der Waals surface area contributed by atoms with Crippen LogP contribution in [0.25, 0.3) is 11.1 Å². The Hall–Kier alpha value is -2.22. The second kappa shape index (κ2) is 8.93. The van der Waals surface area contributed by atoms with E-state index >= 15 is 0 Å². The van der Waals surface area contributed by atoms with E-state index in [1.165, 1.54) is 12.1 Å². The molecule has 0 amide bonds. The molecule has 26 heavy (non-hydrogen) atoms. The van der Waals surface area contributed by atoms with Gasteiger partial charge in [-0.3, -0.25) is 4.79 Å². The molecule has 7 heteroatoms. The lowest BCUT2D eigenvalue weighted by atomic mass is 10.1. The van der Waals surface area contributed by atoms with Crippen LogP contribution in [0.5, 0.6) is 0 Å². The van der Waals surface area contributed by atoms with Gasteiger partial charge < -0.3 is 10.4 Å². The maximum atomic E-state index is 12.5. The number of hydrogen-bond donors (Lipinski definition) is 3. The van der Waals surface area contributed by atoms with Gasteiger partial charge in [-0.2, -0.15) is 4.72 Å². The standard InChI is InChI=1S/C19H24N2O4S/c1-14(2)20-13-12-18(19(22)23)21-26(24,25)17-10-8-16(9-11-17)15-6-4-3-5-7-15/h3-11,14,18,20-21H,12-13H2,1-2H3,(H,22,23). The van der Waals surface area contributed by atoms with Crippen molar-refractivity contribution in [2.45, 2.75) is 37.2 Å². The van der Waals surface area contributed by atoms with Crippen molar-refractivity contribution in [2.24, 2.45) is 0 Å². The minimum Gasteiger partial charge on any atom is -0.480 e. The highest BCUT2D eigenvalue weighted by molar-refractivity contribution is 7.89. The Labute approximate surface area is 154 Å². The number of sulfonamides is 1. The minimum absolute atomic E-state index is 0.0419. The molecule has 0 spiro atoms. The summed E-state index contributed by atoms with van der Waals surface area (Å²) in [5.74, 6) is -1.19. The van der Waals surface area contributed by atoms with Crippen LogP contribution in [0.1, 0.15) is 20.3 Å². The fourth-order valence-electron chi connectivity index (χ4n) is 2.46. The van der Waals surface area contributed by atoms with Gasteiger partial charge in [-0.1, -0.05) is 56.3 Å². The number of aliphatic carboxylic acids is 1. The largest absolute Gasteiger partial charge is 0.480 e. The highest BCUT2D eigenvalue weighted by Gasteiger charge is 2.25. The lowest BCUT2D eigenvalue weighted by molar-refractivity contribution is -0.139. The molecular weight excluding hydrogens is 352 g/mol. The molecule has 0 aliphatic carbocycles. The van der Waals surface area contributed by atoms with Gasteiger partial charge in [-0.25, -0.2) is 8.42 Å². The van der Waals surface area contributed by atoms with Gasteiger partial charge in [0, 0.05) is 6.04 Å². The van der Waals surface area contributed by atoms with Crippen LogP contribution in [0.4, 0.5) is 0 Å². The third-order valence-corrected chi connectivity index (χ3v) is 5.34. The molecule has 140 valence electrons. The van der Waals surface area contributed by atoms with Crippen LogP contribution in [-0.4, -0.2) is 38.1 Å². The fourth-order valence-corrected chi connectivity index (χ4v) is 3.69. The molecule has 2 aromatic carbocycles. The second-order valence-electron chi connectivity index (χ2n) is 6.30. The van der Waals surface area contributed by atoms with Crippen molar-refractivity contribution in [3.05, 3.63) is 54.6 Å². The number of carboxylic acid groups (broad SMARTS) is 1. The van der Waals surface area contributed by atoms with Crippen molar-refractivity contribution >= 4 is 16.0 Å². The lowest BCUT2D eigenvalue weighted by Gasteiger charge is -2.16. The van der Waals surface area contributed by atoms with E-state index in [-0.39, 0.29) is 17.4 Å². The van der Waals surface area contributed by atoms with E-state index in [9.17, 15) is 18.3 Å². The van der Waals surface area contributed by atoms with Gasteiger partial charge >= 0.3 is 5.97 Å². The summed E-state index contributed by atoms with van der Waals surface area (Å²) in [7, 11) is -3.91. The minimum atomic E-state index is -3.91. The zero-order chi connectivity index (χ0) is 19.2. The van der Waals surface area contributed by atoms with E-state index in [1.807, 2.05) is 44.2 Å². The van der Waals surface area contributed by atoms with Gasteiger partial charge in [0.15, 0.2) is 0 Å². The molecule has 2 rings (SSSR count). The summed E-state index contributed by atoms with van der Waals surface area (Å²) in [6.07, 6.45) is 0.162. The summed E-state index contributed by atoms with van der Waals surface area (Å²) in [5, 5.41) is 12.4. The summed E-state index contributed by atoms with van der Waals surface area (Å²) in [6.45, 7) is 4.28. The van der Waals surface area contributed by atoms with E-state index in [0.717, 1.165) is 11.1 Å². The van der Waals surface area contributed by atoms with Crippen molar-refractivity contribution < 1.29 is 18.3 Å². The molecule has 1 atom stereocenters. The van der Waals surface area contributed by atoms with Crippen molar-refractivity contribution in [1.82, 2.24) is 10.0 Å². The number of rotatable bonds is 9. The molecule has 0 aliphatic heterocycles. The topological polar surface area (TPSA) is 95.5 Å². The van der Waals surface area contributed by atoms with E-state index < -0.39 is 22.0 Å². The fraction of sp³-hybridized carbons (Fsp3) is 0.316. The Kier molecular flexibility index (Phi) is 6.90. The van der Waals surface area contributed by atoms with Crippen LogP contribution in [0.15, 0.2) is 59.5 Å². The third kappa shape index (κ3) is 5.66. The quantitative estimate of drug-likeness (QED) is 0.625. The number of benzene rings is 2. The highest BCUT2D eigenvalue weighted by Crippen LogP contribution is 2.21. The Morgan fingerprint density at radius 1 is 1.00 bits per heavy atom. The molecule has 0 aromatic heterocycles. The molecule has 3 N–H and O–H groups in total. The predicted octanol–water partition coefficient (Wildman–Crippen LogP) is 2.47. The van der Waals surface area contributed by atoms with Crippen LogP contribution < -0.4 is 10.0 Å². The smallest absolute Gasteiger partial charge is 0.321 e. The summed E-state index contributed by atoms with van der Waals surface area (Å²) < 4.78 is 27.3. The van der Waals surface area contributed by atoms with Crippen molar-refractivity contribution in [3.63, 3.8) is 0 Å². The maximum Gasteiger partial charge on any atom is 0.321 e. The van der Waals surface area contributed by atoms with Crippen LogP contribution in [0, 0.1) is 0 Å². The van der Waals surface area contributed by atoms with Crippen LogP contribution in [0.2, 0.25) is 0 Å². The lowest BCUT2D eigenvalue weighted by Crippen LogP contribution is -2.43. The van der Waals surface area contributed by atoms with Crippen LogP contribution >= 0.6 is 0 Å². The average molecular weight is 376 g/mol. The van der Waals surface area contributed by atoms with Crippen LogP contribution in [0.3, 0.4) is 0 Å². The summed E-state index contributed by atoms with van der Waals surface area (Å²) in [6, 6.07) is 15.0. The Morgan fingerprint density at radius 2 is 1.58 bits per heavy atom. The summed E-state index contributed by atoms with van der Waals surface area (Å²) >= 11 is 0. The molecule has 0 bridgehead atoms. The molecule has 0 saturated heterocycles. The molecular formula is C19H24N2O4S. The number of hydrogen-bond acceptors (Lipinski definition) is 4.